The van der Waals surface area contributed by atoms with Crippen LogP contribution in [0.15, 0.2) is 15.7 Å². The molecule has 6 nitrogen and oxygen atoms in total. The van der Waals surface area contributed by atoms with Gasteiger partial charge in [0.25, 0.3) is 0 Å². The van der Waals surface area contributed by atoms with E-state index in [9.17, 15) is 8.42 Å². The van der Waals surface area contributed by atoms with E-state index in [0.717, 1.165) is 38.4 Å². The summed E-state index contributed by atoms with van der Waals surface area (Å²) >= 11 is 1.26. The van der Waals surface area contributed by atoms with Gasteiger partial charge in [-0.05, 0) is 24.1 Å². The maximum absolute atomic E-state index is 12.1. The van der Waals surface area contributed by atoms with Crippen LogP contribution in [0.5, 0.6) is 0 Å². The summed E-state index contributed by atoms with van der Waals surface area (Å²) in [6, 6.07) is 1.72. The number of nitrogens with zero attached hydrogens (tertiary/aromatic N) is 1. The number of sulfonamides is 1. The van der Waals surface area contributed by atoms with Crippen molar-refractivity contribution in [1.29, 1.82) is 0 Å². The first kappa shape index (κ1) is 15.9. The molecule has 1 aliphatic rings. The molecule has 0 saturated carbocycles. The number of hydrogen-bond donors (Lipinski definition) is 2. The molecule has 0 radical (unpaired) electrons. The molecule has 0 bridgehead atoms. The van der Waals surface area contributed by atoms with Gasteiger partial charge in [0, 0.05) is 32.7 Å². The first-order valence-corrected chi connectivity index (χ1v) is 9.00. The van der Waals surface area contributed by atoms with Gasteiger partial charge in [-0.15, -0.1) is 11.3 Å². The fraction of sp³-hybridized carbons (Fsp3) is 0.667. The van der Waals surface area contributed by atoms with Crippen LogP contribution in [-0.4, -0.2) is 59.8 Å². The normalized spacial score (nSPS) is 17.4. The van der Waals surface area contributed by atoms with Gasteiger partial charge >= 0.3 is 0 Å². The molecular formula is C12H21N3O3S2. The second kappa shape index (κ2) is 7.48. The fourth-order valence-electron chi connectivity index (χ4n) is 2.02. The van der Waals surface area contributed by atoms with Gasteiger partial charge in [-0.3, -0.25) is 4.90 Å². The maximum Gasteiger partial charge on any atom is 0.250 e. The third-order valence-corrected chi connectivity index (χ3v) is 6.05. The van der Waals surface area contributed by atoms with Crippen LogP contribution in [0.3, 0.4) is 0 Å². The minimum atomic E-state index is -3.38. The monoisotopic (exact) mass is 319 g/mol. The Bertz CT molecular complexity index is 510. The highest BCUT2D eigenvalue weighted by Crippen LogP contribution is 2.19. The van der Waals surface area contributed by atoms with Crippen molar-refractivity contribution >= 4 is 21.4 Å². The lowest BCUT2D eigenvalue weighted by Gasteiger charge is -2.26. The number of nitrogens with one attached hydrogen (secondary N) is 2. The molecule has 1 aromatic rings. The highest BCUT2D eigenvalue weighted by Gasteiger charge is 2.17. The molecule has 0 spiro atoms. The van der Waals surface area contributed by atoms with E-state index >= 15 is 0 Å². The van der Waals surface area contributed by atoms with Crippen molar-refractivity contribution in [3.8, 4) is 0 Å². The number of morpholine rings is 1. The Morgan fingerprint density at radius 3 is 2.85 bits per heavy atom. The first-order chi connectivity index (χ1) is 9.62. The van der Waals surface area contributed by atoms with E-state index in [2.05, 4.69) is 14.9 Å². The Labute approximate surface area is 124 Å². The van der Waals surface area contributed by atoms with Gasteiger partial charge in [0.15, 0.2) is 0 Å². The first-order valence-electron chi connectivity index (χ1n) is 6.63. The summed E-state index contributed by atoms with van der Waals surface area (Å²) in [6.07, 6.45) is 0. The zero-order valence-electron chi connectivity index (χ0n) is 11.6. The Kier molecular flexibility index (Phi) is 5.94. The van der Waals surface area contributed by atoms with Gasteiger partial charge in [-0.25, -0.2) is 13.1 Å². The summed E-state index contributed by atoms with van der Waals surface area (Å²) in [7, 11) is -1.54. The summed E-state index contributed by atoms with van der Waals surface area (Å²) in [5, 5.41) is 4.88. The second-order valence-electron chi connectivity index (χ2n) is 4.66. The summed E-state index contributed by atoms with van der Waals surface area (Å²) in [4.78, 5) is 2.20. The predicted octanol–water partition coefficient (Wildman–Crippen LogP) is 0.0780. The molecule has 20 heavy (non-hydrogen) atoms. The van der Waals surface area contributed by atoms with Crippen molar-refractivity contribution < 1.29 is 13.2 Å². The minimum Gasteiger partial charge on any atom is -0.379 e. The Morgan fingerprint density at radius 1 is 1.40 bits per heavy atom. The van der Waals surface area contributed by atoms with Crippen LogP contribution >= 0.6 is 11.3 Å². The van der Waals surface area contributed by atoms with Gasteiger partial charge < -0.3 is 10.1 Å². The van der Waals surface area contributed by atoms with E-state index in [1.807, 2.05) is 12.4 Å². The Hall–Kier alpha value is -0.510. The topological polar surface area (TPSA) is 70.7 Å². The van der Waals surface area contributed by atoms with E-state index in [4.69, 9.17) is 4.74 Å². The van der Waals surface area contributed by atoms with Crippen LogP contribution in [0.2, 0.25) is 0 Å². The van der Waals surface area contributed by atoms with Crippen molar-refractivity contribution in [2.24, 2.45) is 0 Å². The number of thiophene rings is 1. The molecular weight excluding hydrogens is 298 g/mol. The van der Waals surface area contributed by atoms with Crippen molar-refractivity contribution in [2.45, 2.75) is 10.8 Å². The predicted molar refractivity (Wildman–Crippen MR) is 79.5 cm³/mol. The molecule has 2 N–H and O–H groups in total. The molecule has 2 rings (SSSR count). The van der Waals surface area contributed by atoms with Gasteiger partial charge in [0.05, 0.1) is 13.2 Å². The molecule has 1 aliphatic heterocycles. The van der Waals surface area contributed by atoms with Crippen LogP contribution in [0.4, 0.5) is 0 Å². The van der Waals surface area contributed by atoms with Crippen LogP contribution in [0.1, 0.15) is 5.56 Å². The van der Waals surface area contributed by atoms with Crippen molar-refractivity contribution in [3.05, 3.63) is 17.0 Å². The van der Waals surface area contributed by atoms with E-state index in [-0.39, 0.29) is 0 Å². The molecule has 2 heterocycles. The third kappa shape index (κ3) is 4.51. The highest BCUT2D eigenvalue weighted by molar-refractivity contribution is 7.91. The lowest BCUT2D eigenvalue weighted by Crippen LogP contribution is -2.41. The standard InChI is InChI=1S/C12H21N3O3S2/c1-13-9-11-8-12(19-10-11)20(16,17)14-2-3-15-4-6-18-7-5-15/h8,10,13-14H,2-7,9H2,1H3. The van der Waals surface area contributed by atoms with Crippen molar-refractivity contribution in [3.63, 3.8) is 0 Å². The SMILES string of the molecule is CNCc1csc(S(=O)(=O)NCCN2CCOCC2)c1. The molecule has 0 unspecified atom stereocenters. The van der Waals surface area contributed by atoms with Crippen LogP contribution in [-0.2, 0) is 21.3 Å². The van der Waals surface area contributed by atoms with Gasteiger partial charge in [0.2, 0.25) is 10.0 Å². The van der Waals surface area contributed by atoms with Crippen molar-refractivity contribution in [1.82, 2.24) is 14.9 Å². The third-order valence-electron chi connectivity index (χ3n) is 3.10. The second-order valence-corrected chi connectivity index (χ2v) is 7.56. The minimum absolute atomic E-state index is 0.379. The molecule has 1 saturated heterocycles. The van der Waals surface area contributed by atoms with Crippen LogP contribution in [0, 0.1) is 0 Å². The molecule has 1 fully saturated rings. The van der Waals surface area contributed by atoms with E-state index in [1.54, 1.807) is 6.07 Å². The Balaban J connectivity index is 1.83. The molecule has 0 amide bonds. The van der Waals surface area contributed by atoms with Gasteiger partial charge in [-0.1, -0.05) is 0 Å². The van der Waals surface area contributed by atoms with E-state index < -0.39 is 10.0 Å². The summed E-state index contributed by atoms with van der Waals surface area (Å²) < 4.78 is 32.5. The van der Waals surface area contributed by atoms with Crippen LogP contribution in [0.25, 0.3) is 0 Å². The van der Waals surface area contributed by atoms with Gasteiger partial charge in [-0.2, -0.15) is 0 Å². The maximum atomic E-state index is 12.1. The number of hydrogen-bond acceptors (Lipinski definition) is 6. The molecule has 1 aromatic heterocycles. The molecule has 8 heteroatoms. The van der Waals surface area contributed by atoms with E-state index in [0.29, 0.717) is 17.3 Å². The van der Waals surface area contributed by atoms with Crippen LogP contribution < -0.4 is 10.0 Å². The highest BCUT2D eigenvalue weighted by atomic mass is 32.2. The average molecular weight is 319 g/mol. The summed E-state index contributed by atoms with van der Waals surface area (Å²) in [5.41, 5.74) is 0.992. The molecule has 0 atom stereocenters. The largest absolute Gasteiger partial charge is 0.379 e. The molecule has 0 aromatic carbocycles. The number of ether oxygens (including phenoxy) is 1. The van der Waals surface area contributed by atoms with E-state index in [1.165, 1.54) is 11.3 Å². The summed E-state index contributed by atoms with van der Waals surface area (Å²) in [5.74, 6) is 0. The van der Waals surface area contributed by atoms with Crippen molar-refractivity contribution in [2.75, 3.05) is 46.4 Å². The lowest BCUT2D eigenvalue weighted by molar-refractivity contribution is 0.0390. The smallest absolute Gasteiger partial charge is 0.250 e. The molecule has 114 valence electrons. The fourth-order valence-corrected chi connectivity index (χ4v) is 4.30. The quantitative estimate of drug-likeness (QED) is 0.745. The average Bonchev–Trinajstić information content (AvgIpc) is 2.90. The summed E-state index contributed by atoms with van der Waals surface area (Å²) in [6.45, 7) is 5.02. The Morgan fingerprint density at radius 2 is 2.15 bits per heavy atom. The van der Waals surface area contributed by atoms with Gasteiger partial charge in [0.1, 0.15) is 4.21 Å². The zero-order chi connectivity index (χ0) is 14.4. The molecule has 0 aliphatic carbocycles. The lowest BCUT2D eigenvalue weighted by atomic mass is 10.3. The number of rotatable bonds is 7. The zero-order valence-corrected chi connectivity index (χ0v) is 13.2.